The SMILES string of the molecule is COc1ccc2ncc(Cl)c(CCCC3(CO)CCN(CCSc4cccc(C(F)(F)F)c4)CC3)c2c1. The number of fused-ring (bicyclic) bond motifs is 1. The number of halogens is 4. The molecule has 1 aromatic heterocycles. The molecule has 3 aromatic rings. The zero-order valence-corrected chi connectivity index (χ0v) is 22.4. The summed E-state index contributed by atoms with van der Waals surface area (Å²) in [6.07, 6.45) is 1.78. The smallest absolute Gasteiger partial charge is 0.416 e. The summed E-state index contributed by atoms with van der Waals surface area (Å²) in [5.41, 5.74) is 1.22. The number of methoxy groups -OCH3 is 1. The maximum absolute atomic E-state index is 12.9. The molecular formula is C28H32ClF3N2O2S. The van der Waals surface area contributed by atoms with Gasteiger partial charge >= 0.3 is 6.18 Å². The van der Waals surface area contributed by atoms with Crippen LogP contribution in [0.4, 0.5) is 13.2 Å². The lowest BCUT2D eigenvalue weighted by molar-refractivity contribution is -0.137. The number of thioether (sulfide) groups is 1. The first-order valence-electron chi connectivity index (χ1n) is 12.5. The van der Waals surface area contributed by atoms with Gasteiger partial charge in [-0.15, -0.1) is 11.8 Å². The monoisotopic (exact) mass is 552 g/mol. The highest BCUT2D eigenvalue weighted by molar-refractivity contribution is 7.99. The van der Waals surface area contributed by atoms with Crippen molar-refractivity contribution in [2.75, 3.05) is 39.1 Å². The van der Waals surface area contributed by atoms with Gasteiger partial charge < -0.3 is 14.7 Å². The number of ether oxygens (including phenoxy) is 1. The molecule has 0 saturated carbocycles. The summed E-state index contributed by atoms with van der Waals surface area (Å²) in [4.78, 5) is 7.40. The fourth-order valence-corrected chi connectivity index (χ4v) is 6.23. The van der Waals surface area contributed by atoms with E-state index in [4.69, 9.17) is 16.3 Å². The van der Waals surface area contributed by atoms with Crippen molar-refractivity contribution in [2.45, 2.75) is 43.2 Å². The van der Waals surface area contributed by atoms with Gasteiger partial charge in [-0.1, -0.05) is 17.7 Å². The number of hydrogen-bond acceptors (Lipinski definition) is 5. The Bertz CT molecular complexity index is 1200. The zero-order valence-electron chi connectivity index (χ0n) is 20.9. The summed E-state index contributed by atoms with van der Waals surface area (Å²) < 4.78 is 44.2. The first kappa shape index (κ1) is 28.0. The van der Waals surface area contributed by atoms with Crippen molar-refractivity contribution in [1.82, 2.24) is 9.88 Å². The van der Waals surface area contributed by atoms with Crippen LogP contribution in [-0.4, -0.2) is 54.1 Å². The zero-order chi connectivity index (χ0) is 26.5. The second kappa shape index (κ2) is 12.2. The number of piperidine rings is 1. The lowest BCUT2D eigenvalue weighted by Crippen LogP contribution is -2.42. The standard InChI is InChI=1S/C28H32ClF3N2O2S/c1-36-21-7-8-26-24(17-21)23(25(29)18-33-26)6-3-9-27(19-35)10-12-34(13-11-27)14-15-37-22-5-2-4-20(16-22)28(30,31)32/h2,4-5,7-8,16-18,35H,3,6,9-15,19H2,1H3. The minimum atomic E-state index is -4.32. The largest absolute Gasteiger partial charge is 0.497 e. The molecule has 1 fully saturated rings. The number of benzene rings is 2. The molecule has 2 aromatic carbocycles. The van der Waals surface area contributed by atoms with Gasteiger partial charge in [-0.05, 0) is 92.6 Å². The molecular weight excluding hydrogens is 521 g/mol. The van der Waals surface area contributed by atoms with E-state index in [0.717, 1.165) is 85.8 Å². The summed E-state index contributed by atoms with van der Waals surface area (Å²) in [5, 5.41) is 11.9. The van der Waals surface area contributed by atoms with Gasteiger partial charge in [-0.2, -0.15) is 13.2 Å². The van der Waals surface area contributed by atoms with Crippen molar-refractivity contribution in [3.05, 3.63) is 64.8 Å². The maximum atomic E-state index is 12.9. The van der Waals surface area contributed by atoms with E-state index in [9.17, 15) is 18.3 Å². The predicted octanol–water partition coefficient (Wildman–Crippen LogP) is 7.11. The van der Waals surface area contributed by atoms with E-state index in [1.807, 2.05) is 18.2 Å². The molecule has 0 spiro atoms. The van der Waals surface area contributed by atoms with Crippen molar-refractivity contribution in [3.8, 4) is 5.75 Å². The van der Waals surface area contributed by atoms with Crippen LogP contribution in [0.15, 0.2) is 53.6 Å². The number of aliphatic hydroxyl groups excluding tert-OH is 1. The van der Waals surface area contributed by atoms with Crippen LogP contribution in [0.25, 0.3) is 10.9 Å². The van der Waals surface area contributed by atoms with E-state index in [-0.39, 0.29) is 12.0 Å². The molecule has 4 nitrogen and oxygen atoms in total. The van der Waals surface area contributed by atoms with Crippen molar-refractivity contribution >= 4 is 34.3 Å². The molecule has 0 atom stereocenters. The Morgan fingerprint density at radius 1 is 1.16 bits per heavy atom. The number of pyridine rings is 1. The third-order valence-corrected chi connectivity index (χ3v) is 8.66. The van der Waals surface area contributed by atoms with E-state index in [1.165, 1.54) is 23.9 Å². The first-order valence-corrected chi connectivity index (χ1v) is 13.8. The third kappa shape index (κ3) is 7.11. The molecule has 4 rings (SSSR count). The minimum Gasteiger partial charge on any atom is -0.497 e. The van der Waals surface area contributed by atoms with Crippen LogP contribution >= 0.6 is 23.4 Å². The number of hydrogen-bond donors (Lipinski definition) is 1. The average Bonchev–Trinajstić information content (AvgIpc) is 2.90. The molecule has 37 heavy (non-hydrogen) atoms. The van der Waals surface area contributed by atoms with Crippen LogP contribution < -0.4 is 4.74 Å². The van der Waals surface area contributed by atoms with Crippen LogP contribution in [0.2, 0.25) is 5.02 Å². The topological polar surface area (TPSA) is 45.6 Å². The summed E-state index contributed by atoms with van der Waals surface area (Å²) in [6.45, 7) is 2.71. The second-order valence-corrected chi connectivity index (χ2v) is 11.3. The molecule has 1 aliphatic rings. The average molecular weight is 553 g/mol. The van der Waals surface area contributed by atoms with Gasteiger partial charge in [0, 0.05) is 35.4 Å². The Morgan fingerprint density at radius 3 is 2.65 bits per heavy atom. The number of likely N-dealkylation sites (tertiary alicyclic amines) is 1. The lowest BCUT2D eigenvalue weighted by Gasteiger charge is -2.41. The molecule has 0 aliphatic carbocycles. The molecule has 0 amide bonds. The molecule has 0 unspecified atom stereocenters. The van der Waals surface area contributed by atoms with Gasteiger partial charge in [-0.25, -0.2) is 0 Å². The minimum absolute atomic E-state index is 0.113. The lowest BCUT2D eigenvalue weighted by atomic mass is 9.75. The third-order valence-electron chi connectivity index (χ3n) is 7.36. The normalized spacial score (nSPS) is 16.3. The van der Waals surface area contributed by atoms with E-state index < -0.39 is 11.7 Å². The molecule has 200 valence electrons. The van der Waals surface area contributed by atoms with Crippen LogP contribution in [-0.2, 0) is 12.6 Å². The van der Waals surface area contributed by atoms with E-state index in [1.54, 1.807) is 19.4 Å². The Kier molecular flexibility index (Phi) is 9.27. The van der Waals surface area contributed by atoms with Crippen molar-refractivity contribution in [3.63, 3.8) is 0 Å². The highest BCUT2D eigenvalue weighted by Gasteiger charge is 2.34. The quantitative estimate of drug-likeness (QED) is 0.272. The summed E-state index contributed by atoms with van der Waals surface area (Å²) >= 11 is 7.96. The molecule has 2 heterocycles. The highest BCUT2D eigenvalue weighted by atomic mass is 35.5. The summed E-state index contributed by atoms with van der Waals surface area (Å²) in [5.74, 6) is 1.49. The number of alkyl halides is 3. The van der Waals surface area contributed by atoms with Crippen LogP contribution in [0.5, 0.6) is 5.75 Å². The molecule has 0 radical (unpaired) electrons. The molecule has 0 bridgehead atoms. The van der Waals surface area contributed by atoms with Gasteiger partial charge in [0.2, 0.25) is 0 Å². The fraction of sp³-hybridized carbons (Fsp3) is 0.464. The fourth-order valence-electron chi connectivity index (χ4n) is 5.02. The van der Waals surface area contributed by atoms with Gasteiger partial charge in [-0.3, -0.25) is 4.98 Å². The van der Waals surface area contributed by atoms with Crippen molar-refractivity contribution in [1.29, 1.82) is 0 Å². The van der Waals surface area contributed by atoms with Gasteiger partial charge in [0.1, 0.15) is 5.75 Å². The molecule has 1 N–H and O–H groups in total. The van der Waals surface area contributed by atoms with E-state index in [2.05, 4.69) is 9.88 Å². The Hall–Kier alpha value is -2.00. The van der Waals surface area contributed by atoms with Crippen LogP contribution in [0.3, 0.4) is 0 Å². The molecule has 9 heteroatoms. The highest BCUT2D eigenvalue weighted by Crippen LogP contribution is 2.38. The van der Waals surface area contributed by atoms with Crippen LogP contribution in [0, 0.1) is 5.41 Å². The summed E-state index contributed by atoms with van der Waals surface area (Å²) in [6, 6.07) is 11.3. The number of aliphatic hydroxyl groups is 1. The van der Waals surface area contributed by atoms with Gasteiger partial charge in [0.15, 0.2) is 0 Å². The van der Waals surface area contributed by atoms with Crippen molar-refractivity contribution < 1.29 is 23.0 Å². The van der Waals surface area contributed by atoms with Crippen molar-refractivity contribution in [2.24, 2.45) is 5.41 Å². The van der Waals surface area contributed by atoms with Crippen LogP contribution in [0.1, 0.15) is 36.8 Å². The summed E-state index contributed by atoms with van der Waals surface area (Å²) in [7, 11) is 1.64. The predicted molar refractivity (Wildman–Crippen MR) is 144 cm³/mol. The Labute approximate surface area is 225 Å². The van der Waals surface area contributed by atoms with E-state index >= 15 is 0 Å². The second-order valence-electron chi connectivity index (χ2n) is 9.70. The molecule has 1 aliphatic heterocycles. The number of aryl methyl sites for hydroxylation is 1. The Morgan fingerprint density at radius 2 is 1.95 bits per heavy atom. The number of nitrogens with zero attached hydrogens (tertiary/aromatic N) is 2. The first-order chi connectivity index (χ1) is 17.7. The number of aromatic nitrogens is 1. The Balaban J connectivity index is 1.28. The molecule has 1 saturated heterocycles. The van der Waals surface area contributed by atoms with Gasteiger partial charge in [0.25, 0.3) is 0 Å². The number of rotatable bonds is 10. The maximum Gasteiger partial charge on any atom is 0.416 e. The van der Waals surface area contributed by atoms with Gasteiger partial charge in [0.05, 0.1) is 23.2 Å². The van der Waals surface area contributed by atoms with E-state index in [0.29, 0.717) is 9.92 Å².